The lowest BCUT2D eigenvalue weighted by Crippen LogP contribution is -2.48. The molecule has 0 saturated carbocycles. The molecule has 0 unspecified atom stereocenters. The van der Waals surface area contributed by atoms with E-state index in [1.54, 1.807) is 4.68 Å². The number of carbonyl (C=O) groups is 2. The van der Waals surface area contributed by atoms with Crippen molar-refractivity contribution in [2.24, 2.45) is 13.0 Å². The van der Waals surface area contributed by atoms with E-state index < -0.39 is 6.04 Å². The van der Waals surface area contributed by atoms with Gasteiger partial charge in [-0.05, 0) is 78.5 Å². The normalized spacial score (nSPS) is 23.1. The number of fused-ring (bicyclic) bond motifs is 2. The van der Waals surface area contributed by atoms with E-state index in [0.717, 1.165) is 53.0 Å². The molecule has 2 fully saturated rings. The summed E-state index contributed by atoms with van der Waals surface area (Å²) in [5.41, 5.74) is 5.21. The minimum atomic E-state index is -0.422. The number of nitrogens with zero attached hydrogens (tertiary/aromatic N) is 4. The van der Waals surface area contributed by atoms with Crippen LogP contribution in [0, 0.1) is 5.92 Å². The fourth-order valence-electron chi connectivity index (χ4n) is 6.80. The number of carbonyl (C=O) groups excluding carboxylic acids is 2. The second kappa shape index (κ2) is 11.2. The molecule has 4 aromatic rings. The number of ketones is 1. The van der Waals surface area contributed by atoms with Gasteiger partial charge in [-0.1, -0.05) is 47.7 Å². The first kappa shape index (κ1) is 26.6. The molecular formula is C33H35N5O4. The minimum Gasteiger partial charge on any atom is -0.454 e. The largest absolute Gasteiger partial charge is 0.454 e. The van der Waals surface area contributed by atoms with Gasteiger partial charge in [-0.2, -0.15) is 0 Å². The van der Waals surface area contributed by atoms with Gasteiger partial charge in [0.1, 0.15) is 5.52 Å². The summed E-state index contributed by atoms with van der Waals surface area (Å²) in [6, 6.07) is 21.7. The molecule has 4 heterocycles. The molecule has 1 aromatic heterocycles. The van der Waals surface area contributed by atoms with Crippen LogP contribution in [-0.4, -0.2) is 63.6 Å². The lowest BCUT2D eigenvalue weighted by atomic mass is 9.94. The number of rotatable bonds is 8. The predicted molar refractivity (Wildman–Crippen MR) is 157 cm³/mol. The Labute approximate surface area is 244 Å². The topological polar surface area (TPSA) is 98.6 Å². The molecular weight excluding hydrogens is 530 g/mol. The maximum absolute atomic E-state index is 14.0. The van der Waals surface area contributed by atoms with Crippen molar-refractivity contribution in [2.75, 3.05) is 19.9 Å². The van der Waals surface area contributed by atoms with Crippen molar-refractivity contribution in [2.45, 2.75) is 50.1 Å². The summed E-state index contributed by atoms with van der Waals surface area (Å²) in [6.45, 7) is 1.57. The van der Waals surface area contributed by atoms with E-state index in [9.17, 15) is 9.59 Å². The molecule has 0 bridgehead atoms. The maximum Gasteiger partial charge on any atom is 0.240 e. The number of nitrogens with one attached hydrogen (secondary N) is 1. The average molecular weight is 566 g/mol. The standard InChI is InChI=1S/C33H35N5O4/c1-37-28-10-7-21(14-26(28)35-36-37)8-11-30(39)29-15-23(13-22-9-12-31-32(16-22)42-20-41-31)19-38(29)33(40)27-17-25(18-34-27)24-5-3-2-4-6-24/h2-7,9-10,12,14,16,23,25,27,29,34H,8,11,13,15,17-20H2,1H3/t23-,25-,27-,29+/m1/s1. The zero-order chi connectivity index (χ0) is 28.6. The Morgan fingerprint density at radius 2 is 1.81 bits per heavy atom. The third-order valence-corrected chi connectivity index (χ3v) is 9.04. The predicted octanol–water partition coefficient (Wildman–Crippen LogP) is 3.80. The van der Waals surface area contributed by atoms with Crippen molar-refractivity contribution in [3.8, 4) is 11.5 Å². The number of aromatic nitrogens is 3. The molecule has 3 aliphatic rings. The minimum absolute atomic E-state index is 0.0425. The SMILES string of the molecule is Cn1nnc2cc(CCC(=O)[C@@H]3C[C@@H](Cc4ccc5c(c4)OCO5)CN3C(=O)[C@H]3C[C@@H](c4ccccc4)CN3)ccc21. The molecule has 0 aliphatic carbocycles. The number of hydrogen-bond acceptors (Lipinski definition) is 7. The van der Waals surface area contributed by atoms with Crippen LogP contribution >= 0.6 is 0 Å². The summed E-state index contributed by atoms with van der Waals surface area (Å²) in [4.78, 5) is 29.6. The fourth-order valence-corrected chi connectivity index (χ4v) is 6.80. The van der Waals surface area contributed by atoms with Crippen molar-refractivity contribution < 1.29 is 19.1 Å². The third-order valence-electron chi connectivity index (χ3n) is 9.04. The van der Waals surface area contributed by atoms with E-state index in [0.29, 0.717) is 25.8 Å². The van der Waals surface area contributed by atoms with Gasteiger partial charge in [0.25, 0.3) is 0 Å². The number of Topliss-reactive ketones (excluding diaryl/α,β-unsaturated/α-hetero) is 1. The molecule has 2 saturated heterocycles. The van der Waals surface area contributed by atoms with E-state index in [2.05, 4.69) is 33.8 Å². The Hall–Kier alpha value is -4.24. The Morgan fingerprint density at radius 1 is 0.976 bits per heavy atom. The highest BCUT2D eigenvalue weighted by Gasteiger charge is 2.43. The molecule has 1 amide bonds. The van der Waals surface area contributed by atoms with Gasteiger partial charge >= 0.3 is 0 Å². The molecule has 4 atom stereocenters. The molecule has 9 heteroatoms. The van der Waals surface area contributed by atoms with Gasteiger partial charge in [-0.3, -0.25) is 9.59 Å². The zero-order valence-electron chi connectivity index (χ0n) is 23.7. The summed E-state index contributed by atoms with van der Waals surface area (Å²) in [6.07, 6.45) is 3.16. The summed E-state index contributed by atoms with van der Waals surface area (Å²) >= 11 is 0. The van der Waals surface area contributed by atoms with E-state index in [1.807, 2.05) is 60.5 Å². The monoisotopic (exact) mass is 565 g/mol. The van der Waals surface area contributed by atoms with Crippen molar-refractivity contribution in [3.05, 3.63) is 83.4 Å². The average Bonchev–Trinajstić information content (AvgIpc) is 3.83. The highest BCUT2D eigenvalue weighted by Crippen LogP contribution is 2.36. The lowest BCUT2D eigenvalue weighted by molar-refractivity contribution is -0.139. The van der Waals surface area contributed by atoms with Crippen LogP contribution in [0.1, 0.15) is 41.9 Å². The van der Waals surface area contributed by atoms with Crippen LogP contribution in [0.25, 0.3) is 11.0 Å². The third kappa shape index (κ3) is 5.25. The maximum atomic E-state index is 14.0. The van der Waals surface area contributed by atoms with Crippen molar-refractivity contribution >= 4 is 22.7 Å². The summed E-state index contributed by atoms with van der Waals surface area (Å²) in [5, 5.41) is 11.8. The first-order valence-electron chi connectivity index (χ1n) is 14.8. The van der Waals surface area contributed by atoms with Crippen LogP contribution in [-0.2, 0) is 29.5 Å². The molecule has 3 aromatic carbocycles. The van der Waals surface area contributed by atoms with Gasteiger partial charge in [0.05, 0.1) is 17.6 Å². The number of hydrogen-bond donors (Lipinski definition) is 1. The van der Waals surface area contributed by atoms with E-state index in [1.165, 1.54) is 5.56 Å². The smallest absolute Gasteiger partial charge is 0.240 e. The first-order chi connectivity index (χ1) is 20.5. The molecule has 216 valence electrons. The Kier molecular flexibility index (Phi) is 7.11. The Morgan fingerprint density at radius 3 is 2.69 bits per heavy atom. The molecule has 0 spiro atoms. The quantitative estimate of drug-likeness (QED) is 0.347. The second-order valence-electron chi connectivity index (χ2n) is 11.8. The number of likely N-dealkylation sites (tertiary alicyclic amines) is 1. The van der Waals surface area contributed by atoms with Crippen molar-refractivity contribution in [3.63, 3.8) is 0 Å². The second-order valence-corrected chi connectivity index (χ2v) is 11.8. The molecule has 9 nitrogen and oxygen atoms in total. The van der Waals surface area contributed by atoms with Crippen molar-refractivity contribution in [1.29, 1.82) is 0 Å². The van der Waals surface area contributed by atoms with Gasteiger partial charge in [-0.15, -0.1) is 5.10 Å². The molecule has 3 aliphatic heterocycles. The Balaban J connectivity index is 1.07. The Bertz CT molecular complexity index is 1620. The van der Waals surface area contributed by atoms with Crippen LogP contribution < -0.4 is 14.8 Å². The summed E-state index contributed by atoms with van der Waals surface area (Å²) in [7, 11) is 1.87. The lowest BCUT2D eigenvalue weighted by Gasteiger charge is -2.27. The van der Waals surface area contributed by atoms with E-state index >= 15 is 0 Å². The van der Waals surface area contributed by atoms with Crippen LogP contribution in [0.5, 0.6) is 11.5 Å². The molecule has 42 heavy (non-hydrogen) atoms. The zero-order valence-corrected chi connectivity index (χ0v) is 23.7. The number of benzene rings is 3. The first-order valence-corrected chi connectivity index (χ1v) is 14.8. The van der Waals surface area contributed by atoms with Crippen LogP contribution in [0.15, 0.2) is 66.7 Å². The van der Waals surface area contributed by atoms with Gasteiger partial charge in [0, 0.05) is 26.6 Å². The number of amides is 1. The number of ether oxygens (including phenoxy) is 2. The van der Waals surface area contributed by atoms with Gasteiger partial charge < -0.3 is 19.7 Å². The molecule has 7 rings (SSSR count). The van der Waals surface area contributed by atoms with Gasteiger partial charge in [0.2, 0.25) is 12.7 Å². The van der Waals surface area contributed by atoms with Crippen LogP contribution in [0.4, 0.5) is 0 Å². The van der Waals surface area contributed by atoms with Crippen LogP contribution in [0.2, 0.25) is 0 Å². The van der Waals surface area contributed by atoms with Crippen LogP contribution in [0.3, 0.4) is 0 Å². The van der Waals surface area contributed by atoms with Gasteiger partial charge in [0.15, 0.2) is 17.3 Å². The summed E-state index contributed by atoms with van der Waals surface area (Å²) < 4.78 is 12.8. The van der Waals surface area contributed by atoms with E-state index in [4.69, 9.17) is 9.47 Å². The fraction of sp³-hybridized carbons (Fsp3) is 0.394. The number of aryl methyl sites for hydroxylation is 2. The molecule has 0 radical (unpaired) electrons. The van der Waals surface area contributed by atoms with Gasteiger partial charge in [-0.25, -0.2) is 4.68 Å². The highest BCUT2D eigenvalue weighted by molar-refractivity contribution is 5.92. The van der Waals surface area contributed by atoms with E-state index in [-0.39, 0.29) is 36.4 Å². The van der Waals surface area contributed by atoms with Crippen molar-refractivity contribution in [1.82, 2.24) is 25.2 Å². The summed E-state index contributed by atoms with van der Waals surface area (Å²) in [5.74, 6) is 2.15. The molecule has 1 N–H and O–H groups in total. The highest BCUT2D eigenvalue weighted by atomic mass is 16.7.